The molecule has 0 amide bonds. The summed E-state index contributed by atoms with van der Waals surface area (Å²) in [5.41, 5.74) is 3.69. The van der Waals surface area contributed by atoms with Crippen molar-refractivity contribution in [3.63, 3.8) is 0 Å². The molecule has 80 valence electrons. The number of aromatic nitrogens is 1. The highest BCUT2D eigenvalue weighted by Gasteiger charge is 2.04. The first-order chi connectivity index (χ1) is 7.20. The smallest absolute Gasteiger partial charge is 0.0458 e. The van der Waals surface area contributed by atoms with Crippen LogP contribution in [0.15, 0.2) is 24.4 Å². The van der Waals surface area contributed by atoms with E-state index in [4.69, 9.17) is 0 Å². The fourth-order valence-corrected chi connectivity index (χ4v) is 1.81. The van der Waals surface area contributed by atoms with Gasteiger partial charge in [0, 0.05) is 36.4 Å². The molecule has 2 rings (SSSR count). The number of hydrogen-bond acceptors (Lipinski definition) is 2. The predicted octanol–water partition coefficient (Wildman–Crippen LogP) is 2.27. The highest BCUT2D eigenvalue weighted by Crippen LogP contribution is 2.22. The number of H-pyrrole nitrogens is 1. The minimum Gasteiger partial charge on any atom is -0.388 e. The van der Waals surface area contributed by atoms with Crippen LogP contribution in [0, 0.1) is 0 Å². The van der Waals surface area contributed by atoms with E-state index in [-0.39, 0.29) is 0 Å². The first-order valence-electron chi connectivity index (χ1n) is 5.13. The average Bonchev–Trinajstić information content (AvgIpc) is 2.60. The molecule has 3 heteroatoms. The lowest BCUT2D eigenvalue weighted by atomic mass is 10.1. The molecular formula is C12H17N3. The number of rotatable bonds is 3. The molecule has 15 heavy (non-hydrogen) atoms. The summed E-state index contributed by atoms with van der Waals surface area (Å²) in [6, 6.07) is 6.38. The molecule has 2 N–H and O–H groups in total. The summed E-state index contributed by atoms with van der Waals surface area (Å²) in [6.07, 6.45) is 2.09. The Morgan fingerprint density at radius 2 is 2.13 bits per heavy atom. The Kier molecular flexibility index (Phi) is 2.64. The molecule has 0 aliphatic carbocycles. The second kappa shape index (κ2) is 3.95. The Labute approximate surface area is 90.1 Å². The van der Waals surface area contributed by atoms with Crippen molar-refractivity contribution in [1.29, 1.82) is 0 Å². The summed E-state index contributed by atoms with van der Waals surface area (Å²) < 4.78 is 0. The van der Waals surface area contributed by atoms with Gasteiger partial charge in [0.2, 0.25) is 0 Å². The molecule has 1 heterocycles. The number of aromatic amines is 1. The Balaban J connectivity index is 2.46. The van der Waals surface area contributed by atoms with Crippen molar-refractivity contribution in [2.75, 3.05) is 26.5 Å². The quantitative estimate of drug-likeness (QED) is 0.801. The van der Waals surface area contributed by atoms with Crippen molar-refractivity contribution >= 4 is 16.6 Å². The van der Waals surface area contributed by atoms with Gasteiger partial charge in [0.15, 0.2) is 0 Å². The van der Waals surface area contributed by atoms with Crippen molar-refractivity contribution in [2.45, 2.75) is 6.54 Å². The minimum atomic E-state index is 0.965. The summed E-state index contributed by atoms with van der Waals surface area (Å²) in [5, 5.41) is 4.46. The highest BCUT2D eigenvalue weighted by molar-refractivity contribution is 5.86. The van der Waals surface area contributed by atoms with E-state index in [2.05, 4.69) is 53.7 Å². The number of benzene rings is 1. The molecule has 1 aromatic carbocycles. The number of anilines is 1. The number of fused-ring (bicyclic) bond motifs is 1. The minimum absolute atomic E-state index is 0.965. The van der Waals surface area contributed by atoms with E-state index in [9.17, 15) is 0 Å². The number of nitrogens with one attached hydrogen (secondary N) is 2. The predicted molar refractivity (Wildman–Crippen MR) is 65.2 cm³/mol. The first kappa shape index (κ1) is 10.1. The van der Waals surface area contributed by atoms with Crippen LogP contribution in [0.4, 0.5) is 5.69 Å². The van der Waals surface area contributed by atoms with Gasteiger partial charge in [-0.3, -0.25) is 0 Å². The molecule has 0 fully saturated rings. The Bertz CT molecular complexity index is 457. The zero-order chi connectivity index (χ0) is 10.8. The van der Waals surface area contributed by atoms with E-state index >= 15 is 0 Å². The van der Waals surface area contributed by atoms with Gasteiger partial charge in [-0.15, -0.1) is 0 Å². The first-order valence-corrected chi connectivity index (χ1v) is 5.13. The lowest BCUT2D eigenvalue weighted by Crippen LogP contribution is -2.10. The normalized spacial score (nSPS) is 11.2. The largest absolute Gasteiger partial charge is 0.388 e. The molecule has 0 atom stereocenters. The van der Waals surface area contributed by atoms with Crippen LogP contribution in [0.2, 0.25) is 0 Å². The average molecular weight is 203 g/mol. The summed E-state index contributed by atoms with van der Waals surface area (Å²) in [6.45, 7) is 0.965. The van der Waals surface area contributed by atoms with Crippen LogP contribution < -0.4 is 5.32 Å². The van der Waals surface area contributed by atoms with Gasteiger partial charge in [0.1, 0.15) is 0 Å². The fourth-order valence-electron chi connectivity index (χ4n) is 1.81. The van der Waals surface area contributed by atoms with Gasteiger partial charge in [-0.05, 0) is 37.9 Å². The zero-order valence-electron chi connectivity index (χ0n) is 9.46. The lowest BCUT2D eigenvalue weighted by molar-refractivity contribution is 0.404. The van der Waals surface area contributed by atoms with Crippen molar-refractivity contribution in [3.05, 3.63) is 30.0 Å². The van der Waals surface area contributed by atoms with Gasteiger partial charge in [0.25, 0.3) is 0 Å². The van der Waals surface area contributed by atoms with Crippen molar-refractivity contribution in [3.8, 4) is 0 Å². The van der Waals surface area contributed by atoms with Gasteiger partial charge in [-0.2, -0.15) is 0 Å². The molecule has 2 aromatic rings. The second-order valence-electron chi connectivity index (χ2n) is 4.06. The maximum absolute atomic E-state index is 3.29. The summed E-state index contributed by atoms with van der Waals surface area (Å²) in [7, 11) is 6.11. The van der Waals surface area contributed by atoms with Gasteiger partial charge in [-0.25, -0.2) is 0 Å². The maximum Gasteiger partial charge on any atom is 0.0458 e. The van der Waals surface area contributed by atoms with Crippen LogP contribution in [0.5, 0.6) is 0 Å². The maximum atomic E-state index is 3.29. The second-order valence-corrected chi connectivity index (χ2v) is 4.06. The molecule has 1 aromatic heterocycles. The molecule has 0 spiro atoms. The van der Waals surface area contributed by atoms with E-state index < -0.39 is 0 Å². The van der Waals surface area contributed by atoms with Gasteiger partial charge >= 0.3 is 0 Å². The molecule has 0 saturated carbocycles. The molecule has 0 aliphatic rings. The Hall–Kier alpha value is -1.48. The van der Waals surface area contributed by atoms with Crippen molar-refractivity contribution in [2.24, 2.45) is 0 Å². The number of hydrogen-bond donors (Lipinski definition) is 2. The summed E-state index contributed by atoms with van der Waals surface area (Å²) in [5.74, 6) is 0. The van der Waals surface area contributed by atoms with Crippen LogP contribution in [0.25, 0.3) is 10.9 Å². The van der Waals surface area contributed by atoms with Crippen molar-refractivity contribution in [1.82, 2.24) is 9.88 Å². The van der Waals surface area contributed by atoms with Crippen LogP contribution in [-0.4, -0.2) is 31.0 Å². The summed E-state index contributed by atoms with van der Waals surface area (Å²) >= 11 is 0. The van der Waals surface area contributed by atoms with Crippen LogP contribution >= 0.6 is 0 Å². The van der Waals surface area contributed by atoms with E-state index in [1.54, 1.807) is 0 Å². The monoisotopic (exact) mass is 203 g/mol. The third-order valence-electron chi connectivity index (χ3n) is 2.54. The van der Waals surface area contributed by atoms with Crippen molar-refractivity contribution < 1.29 is 0 Å². The third-order valence-corrected chi connectivity index (χ3v) is 2.54. The molecule has 0 saturated heterocycles. The van der Waals surface area contributed by atoms with E-state index in [0.717, 1.165) is 12.2 Å². The number of nitrogens with zero attached hydrogens (tertiary/aromatic N) is 1. The van der Waals surface area contributed by atoms with Gasteiger partial charge in [-0.1, -0.05) is 0 Å². The van der Waals surface area contributed by atoms with E-state index in [1.807, 2.05) is 7.05 Å². The van der Waals surface area contributed by atoms with Crippen LogP contribution in [0.3, 0.4) is 0 Å². The van der Waals surface area contributed by atoms with Gasteiger partial charge in [0.05, 0.1) is 0 Å². The molecule has 0 radical (unpaired) electrons. The molecule has 0 bridgehead atoms. The summed E-state index contributed by atoms with van der Waals surface area (Å²) in [4.78, 5) is 5.47. The Morgan fingerprint density at radius 3 is 2.80 bits per heavy atom. The lowest BCUT2D eigenvalue weighted by Gasteiger charge is -2.08. The topological polar surface area (TPSA) is 31.1 Å². The van der Waals surface area contributed by atoms with Gasteiger partial charge < -0.3 is 15.2 Å². The van der Waals surface area contributed by atoms with Crippen LogP contribution in [0.1, 0.15) is 5.56 Å². The third kappa shape index (κ3) is 1.97. The molecule has 0 unspecified atom stereocenters. The molecule has 0 aliphatic heterocycles. The van der Waals surface area contributed by atoms with Crippen LogP contribution in [-0.2, 0) is 6.54 Å². The highest BCUT2D eigenvalue weighted by atomic mass is 15.0. The SMILES string of the molecule is CNc1ccc2[nH]cc(CN(C)C)c2c1. The van der Waals surface area contributed by atoms with E-state index in [1.165, 1.54) is 16.5 Å². The molecular weight excluding hydrogens is 186 g/mol. The molecule has 3 nitrogen and oxygen atoms in total. The zero-order valence-corrected chi connectivity index (χ0v) is 9.46. The fraction of sp³-hybridized carbons (Fsp3) is 0.333. The standard InChI is InChI=1S/C12H17N3/c1-13-10-4-5-12-11(6-10)9(7-14-12)8-15(2)3/h4-7,13-14H,8H2,1-3H3. The van der Waals surface area contributed by atoms with E-state index in [0.29, 0.717) is 0 Å². The Morgan fingerprint density at radius 1 is 1.33 bits per heavy atom.